The largest absolute Gasteiger partial charge is 0.369 e. The molecule has 2 atom stereocenters. The van der Waals surface area contributed by atoms with Crippen molar-refractivity contribution < 1.29 is 35.8 Å². The van der Waals surface area contributed by atoms with E-state index in [-0.39, 0.29) is 34.0 Å². The molecular weight excluding hydrogens is 302 g/mol. The Balaban J connectivity index is 2.07. The van der Waals surface area contributed by atoms with Crippen LogP contribution in [0.25, 0.3) is 0 Å². The second-order valence-corrected chi connectivity index (χ2v) is 4.88. The van der Waals surface area contributed by atoms with E-state index in [2.05, 4.69) is 9.47 Å². The predicted molar refractivity (Wildman–Crippen MR) is 52.6 cm³/mol. The maximum absolute atomic E-state index is 13.4. The van der Waals surface area contributed by atoms with Gasteiger partial charge in [0.05, 0.1) is 13.2 Å². The number of nitrogens with zero attached hydrogens (tertiary/aromatic N) is 2. The number of hydrogen-bond acceptors (Lipinski definition) is 5. The first-order chi connectivity index (χ1) is 8.76. The van der Waals surface area contributed by atoms with Crippen LogP contribution >= 0.6 is 12.1 Å². The van der Waals surface area contributed by atoms with Crippen LogP contribution in [0.4, 0.5) is 26.3 Å². The molecule has 0 spiro atoms. The van der Waals surface area contributed by atoms with Gasteiger partial charge in [-0.2, -0.15) is 26.2 Å². The number of rotatable bonds is 2. The Labute approximate surface area is 108 Å². The van der Waals surface area contributed by atoms with Gasteiger partial charge in [0, 0.05) is 25.2 Å². The molecule has 19 heavy (non-hydrogen) atoms. The summed E-state index contributed by atoms with van der Waals surface area (Å²) in [5.41, 5.74) is 0. The lowest BCUT2D eigenvalue weighted by Gasteiger charge is -2.42. The summed E-state index contributed by atoms with van der Waals surface area (Å²) in [5, 5.41) is 0. The Bertz CT molecular complexity index is 306. The third-order valence-electron chi connectivity index (χ3n) is 2.53. The van der Waals surface area contributed by atoms with Crippen LogP contribution in [-0.4, -0.2) is 59.7 Å². The average Bonchev–Trinajstić information content (AvgIpc) is 2.31. The first kappa shape index (κ1) is 15.2. The van der Waals surface area contributed by atoms with Crippen LogP contribution in [0.1, 0.15) is 0 Å². The van der Waals surface area contributed by atoms with Gasteiger partial charge in [0.2, 0.25) is 0 Å². The number of halogens is 6. The van der Waals surface area contributed by atoms with Crippen molar-refractivity contribution >= 4 is 12.1 Å². The zero-order valence-electron chi connectivity index (χ0n) is 9.37. The van der Waals surface area contributed by atoms with Gasteiger partial charge in [-0.15, -0.1) is 0 Å². The van der Waals surface area contributed by atoms with E-state index in [1.165, 1.54) is 0 Å². The lowest BCUT2D eigenvalue weighted by atomic mass is 10.4. The molecule has 0 aromatic rings. The predicted octanol–water partition coefficient (Wildman–Crippen LogP) is 1.99. The molecule has 0 bridgehead atoms. The van der Waals surface area contributed by atoms with Crippen molar-refractivity contribution in [1.29, 1.82) is 0 Å². The van der Waals surface area contributed by atoms with Crippen molar-refractivity contribution in [1.82, 2.24) is 8.61 Å². The Kier molecular flexibility index (Phi) is 4.21. The summed E-state index contributed by atoms with van der Waals surface area (Å²) < 4.78 is 87.8. The third kappa shape index (κ3) is 2.79. The first-order valence-corrected chi connectivity index (χ1v) is 5.99. The minimum absolute atomic E-state index is 0.110. The summed E-state index contributed by atoms with van der Waals surface area (Å²) in [6, 6.07) is -8.13. The van der Waals surface area contributed by atoms with Crippen molar-refractivity contribution in [2.45, 2.75) is 24.8 Å². The Morgan fingerprint density at radius 2 is 1.21 bits per heavy atom. The molecule has 112 valence electrons. The Morgan fingerprint density at radius 3 is 1.58 bits per heavy atom. The van der Waals surface area contributed by atoms with Crippen LogP contribution < -0.4 is 0 Å². The van der Waals surface area contributed by atoms with Gasteiger partial charge in [0.25, 0.3) is 12.7 Å². The zero-order valence-corrected chi connectivity index (χ0v) is 10.2. The van der Waals surface area contributed by atoms with Crippen LogP contribution in [0.5, 0.6) is 0 Å². The molecule has 2 saturated heterocycles. The highest BCUT2D eigenvalue weighted by molar-refractivity contribution is 7.94. The molecule has 2 fully saturated rings. The molecule has 0 radical (unpaired) electrons. The summed E-state index contributed by atoms with van der Waals surface area (Å²) in [4.78, 5) is 0. The summed E-state index contributed by atoms with van der Waals surface area (Å²) in [5.74, 6) is 0. The number of morpholine rings is 2. The van der Waals surface area contributed by atoms with E-state index in [0.717, 1.165) is 0 Å². The third-order valence-corrected chi connectivity index (χ3v) is 3.77. The van der Waals surface area contributed by atoms with Crippen LogP contribution in [-0.2, 0) is 9.47 Å². The molecule has 2 unspecified atom stereocenters. The van der Waals surface area contributed by atoms with E-state index in [1.807, 2.05) is 0 Å². The fourth-order valence-corrected chi connectivity index (χ4v) is 2.45. The summed E-state index contributed by atoms with van der Waals surface area (Å²) in [6.07, 6.45) is -5.82. The number of hydrogen-bond donors (Lipinski definition) is 0. The van der Waals surface area contributed by atoms with Gasteiger partial charge in [-0.3, -0.25) is 0 Å². The second-order valence-electron chi connectivity index (χ2n) is 3.84. The normalized spacial score (nSPS) is 36.3. The van der Waals surface area contributed by atoms with Crippen LogP contribution in [0.2, 0.25) is 0 Å². The molecule has 0 amide bonds. The second kappa shape index (κ2) is 5.28. The van der Waals surface area contributed by atoms with Gasteiger partial charge in [0.1, 0.15) is 0 Å². The quantitative estimate of drug-likeness (QED) is 0.441. The van der Waals surface area contributed by atoms with Crippen molar-refractivity contribution in [3.8, 4) is 0 Å². The van der Waals surface area contributed by atoms with Crippen LogP contribution in [0.15, 0.2) is 0 Å². The van der Waals surface area contributed by atoms with E-state index in [4.69, 9.17) is 0 Å². The average molecular weight is 312 g/mol. The first-order valence-electron chi connectivity index (χ1n) is 5.26. The molecule has 11 heteroatoms. The molecule has 2 aliphatic rings. The van der Waals surface area contributed by atoms with Crippen LogP contribution in [0, 0.1) is 0 Å². The van der Waals surface area contributed by atoms with E-state index in [9.17, 15) is 26.3 Å². The molecule has 2 heterocycles. The highest BCUT2D eigenvalue weighted by Crippen LogP contribution is 2.42. The molecule has 0 aliphatic carbocycles. The molecule has 0 aromatic carbocycles. The molecule has 0 N–H and O–H groups in total. The molecule has 0 saturated carbocycles. The standard InChI is InChI=1S/C8H10F6N2O2S/c9-5-7(11,12)15(1-3-17-5)19-16-2-4-18-6(10)8(16,13)14/h5-6H,1-4H2. The van der Waals surface area contributed by atoms with Crippen molar-refractivity contribution in [2.75, 3.05) is 26.3 Å². The van der Waals surface area contributed by atoms with Gasteiger partial charge < -0.3 is 9.47 Å². The Morgan fingerprint density at radius 1 is 0.842 bits per heavy atom. The van der Waals surface area contributed by atoms with Gasteiger partial charge in [-0.1, -0.05) is 0 Å². The van der Waals surface area contributed by atoms with E-state index in [1.54, 1.807) is 0 Å². The Hall–Kier alpha value is -0.230. The number of alkyl halides is 6. The van der Waals surface area contributed by atoms with Crippen molar-refractivity contribution in [3.63, 3.8) is 0 Å². The lowest BCUT2D eigenvalue weighted by Crippen LogP contribution is -2.57. The minimum atomic E-state index is -4.07. The number of ether oxygens (including phenoxy) is 2. The van der Waals surface area contributed by atoms with Gasteiger partial charge in [-0.25, -0.2) is 8.78 Å². The molecule has 2 aliphatic heterocycles. The van der Waals surface area contributed by atoms with Crippen LogP contribution in [0.3, 0.4) is 0 Å². The monoisotopic (exact) mass is 312 g/mol. The van der Waals surface area contributed by atoms with Gasteiger partial charge in [-0.05, 0) is 0 Å². The topological polar surface area (TPSA) is 24.9 Å². The smallest absolute Gasteiger partial charge is 0.341 e. The minimum Gasteiger partial charge on any atom is -0.341 e. The SMILES string of the molecule is FC1OCCN(SN2CCOC(F)C2(F)F)C1(F)F. The van der Waals surface area contributed by atoms with Crippen molar-refractivity contribution in [2.24, 2.45) is 0 Å². The highest BCUT2D eigenvalue weighted by Gasteiger charge is 2.56. The van der Waals surface area contributed by atoms with Gasteiger partial charge in [0.15, 0.2) is 0 Å². The van der Waals surface area contributed by atoms with E-state index in [0.29, 0.717) is 0 Å². The van der Waals surface area contributed by atoms with E-state index >= 15 is 0 Å². The van der Waals surface area contributed by atoms with Crippen molar-refractivity contribution in [3.05, 3.63) is 0 Å². The molecule has 0 aromatic heterocycles. The summed E-state index contributed by atoms with van der Waals surface area (Å²) in [7, 11) is 0. The maximum atomic E-state index is 13.4. The fourth-order valence-electron chi connectivity index (χ4n) is 1.51. The summed E-state index contributed by atoms with van der Waals surface area (Å²) >= 11 is -0.110. The van der Waals surface area contributed by atoms with Gasteiger partial charge >= 0.3 is 12.1 Å². The maximum Gasteiger partial charge on any atom is 0.369 e. The molecule has 2 rings (SSSR count). The summed E-state index contributed by atoms with van der Waals surface area (Å²) in [6.45, 7) is -1.69. The fraction of sp³-hybridized carbons (Fsp3) is 1.00. The highest BCUT2D eigenvalue weighted by atomic mass is 32.2. The lowest BCUT2D eigenvalue weighted by molar-refractivity contribution is -0.284. The zero-order chi connectivity index (χ0) is 14.3. The molecule has 4 nitrogen and oxygen atoms in total. The molecular formula is C8H10F6N2O2S. The van der Waals surface area contributed by atoms with E-state index < -0.39 is 37.9 Å².